The monoisotopic (exact) mass is 306 g/mol. The number of hydrogen-bond donors (Lipinski definition) is 2. The molecular formula is C15H22N4OS. The molecule has 5 nitrogen and oxygen atoms in total. The smallest absolute Gasteiger partial charge is 0.236 e. The van der Waals surface area contributed by atoms with Gasteiger partial charge in [-0.2, -0.15) is 5.10 Å². The molecule has 0 fully saturated rings. The molecular weight excluding hydrogens is 284 g/mol. The van der Waals surface area contributed by atoms with E-state index in [1.807, 2.05) is 29.9 Å². The van der Waals surface area contributed by atoms with E-state index in [1.54, 1.807) is 17.5 Å². The van der Waals surface area contributed by atoms with Crippen molar-refractivity contribution in [1.82, 2.24) is 20.4 Å². The van der Waals surface area contributed by atoms with Crippen LogP contribution in [0.15, 0.2) is 36.0 Å². The van der Waals surface area contributed by atoms with E-state index < -0.39 is 0 Å². The SMILES string of the molecule is C[C@H](Cn1cccn1)N[C@H](C)C(=O)NCCc1cccs1. The van der Waals surface area contributed by atoms with Crippen molar-refractivity contribution in [3.63, 3.8) is 0 Å². The van der Waals surface area contributed by atoms with Gasteiger partial charge < -0.3 is 10.6 Å². The van der Waals surface area contributed by atoms with Gasteiger partial charge >= 0.3 is 0 Å². The van der Waals surface area contributed by atoms with Crippen LogP contribution in [0.2, 0.25) is 0 Å². The van der Waals surface area contributed by atoms with E-state index in [4.69, 9.17) is 0 Å². The summed E-state index contributed by atoms with van der Waals surface area (Å²) in [5.74, 6) is 0.0406. The normalized spacial score (nSPS) is 13.8. The Kier molecular flexibility index (Phi) is 5.95. The van der Waals surface area contributed by atoms with Crippen LogP contribution < -0.4 is 10.6 Å². The van der Waals surface area contributed by atoms with Gasteiger partial charge in [-0.1, -0.05) is 6.07 Å². The Morgan fingerprint density at radius 2 is 2.29 bits per heavy atom. The highest BCUT2D eigenvalue weighted by molar-refractivity contribution is 7.09. The van der Waals surface area contributed by atoms with Gasteiger partial charge in [0.1, 0.15) is 0 Å². The lowest BCUT2D eigenvalue weighted by atomic mass is 10.2. The minimum absolute atomic E-state index is 0.0406. The van der Waals surface area contributed by atoms with Crippen LogP contribution in [0.3, 0.4) is 0 Å². The first-order valence-corrected chi connectivity index (χ1v) is 8.06. The van der Waals surface area contributed by atoms with Crippen LogP contribution in [0.5, 0.6) is 0 Å². The third-order valence-electron chi connectivity index (χ3n) is 3.20. The van der Waals surface area contributed by atoms with E-state index in [9.17, 15) is 4.79 Å². The number of nitrogens with zero attached hydrogens (tertiary/aromatic N) is 2. The second-order valence-corrected chi connectivity index (χ2v) is 6.17. The molecule has 0 aliphatic heterocycles. The standard InChI is InChI=1S/C15H22N4OS/c1-12(11-19-9-4-7-17-19)18-13(2)15(20)16-8-6-14-5-3-10-21-14/h3-5,7,9-10,12-13,18H,6,8,11H2,1-2H3,(H,16,20)/t12-,13-/m1/s1. The molecule has 0 bridgehead atoms. The zero-order chi connectivity index (χ0) is 15.1. The number of aromatic nitrogens is 2. The molecule has 114 valence electrons. The van der Waals surface area contributed by atoms with Gasteiger partial charge in [0, 0.05) is 29.9 Å². The summed E-state index contributed by atoms with van der Waals surface area (Å²) >= 11 is 1.72. The highest BCUT2D eigenvalue weighted by Crippen LogP contribution is 2.08. The fourth-order valence-electron chi connectivity index (χ4n) is 2.16. The van der Waals surface area contributed by atoms with Gasteiger partial charge in [0.25, 0.3) is 0 Å². The quantitative estimate of drug-likeness (QED) is 0.780. The molecule has 0 saturated heterocycles. The summed E-state index contributed by atoms with van der Waals surface area (Å²) in [6.07, 6.45) is 4.57. The third-order valence-corrected chi connectivity index (χ3v) is 4.13. The lowest BCUT2D eigenvalue weighted by molar-refractivity contribution is -0.122. The number of carbonyl (C=O) groups is 1. The highest BCUT2D eigenvalue weighted by atomic mass is 32.1. The van der Waals surface area contributed by atoms with Crippen molar-refractivity contribution >= 4 is 17.2 Å². The second kappa shape index (κ2) is 7.95. The maximum atomic E-state index is 12.0. The van der Waals surface area contributed by atoms with Crippen molar-refractivity contribution in [2.75, 3.05) is 6.54 Å². The Morgan fingerprint density at radius 1 is 1.43 bits per heavy atom. The van der Waals surface area contributed by atoms with Crippen LogP contribution in [0, 0.1) is 0 Å². The molecule has 0 aliphatic rings. The van der Waals surface area contributed by atoms with Gasteiger partial charge in [0.15, 0.2) is 0 Å². The molecule has 0 aromatic carbocycles. The Hall–Kier alpha value is -1.66. The van der Waals surface area contributed by atoms with Crippen molar-refractivity contribution in [3.8, 4) is 0 Å². The average molecular weight is 306 g/mol. The maximum absolute atomic E-state index is 12.0. The van der Waals surface area contributed by atoms with E-state index in [-0.39, 0.29) is 18.0 Å². The van der Waals surface area contributed by atoms with Crippen molar-refractivity contribution in [2.24, 2.45) is 0 Å². The number of hydrogen-bond acceptors (Lipinski definition) is 4. The van der Waals surface area contributed by atoms with Crippen LogP contribution >= 0.6 is 11.3 Å². The number of carbonyl (C=O) groups excluding carboxylic acids is 1. The summed E-state index contributed by atoms with van der Waals surface area (Å²) < 4.78 is 1.86. The van der Waals surface area contributed by atoms with Gasteiger partial charge in [-0.05, 0) is 37.8 Å². The molecule has 21 heavy (non-hydrogen) atoms. The van der Waals surface area contributed by atoms with Gasteiger partial charge in [0.05, 0.1) is 12.6 Å². The summed E-state index contributed by atoms with van der Waals surface area (Å²) in [7, 11) is 0. The molecule has 0 radical (unpaired) electrons. The fraction of sp³-hybridized carbons (Fsp3) is 0.467. The summed E-state index contributed by atoms with van der Waals surface area (Å²) in [5, 5.41) is 12.5. The molecule has 0 saturated carbocycles. The number of thiophene rings is 1. The predicted octanol–water partition coefficient (Wildman–Crippen LogP) is 1.67. The molecule has 0 spiro atoms. The summed E-state index contributed by atoms with van der Waals surface area (Å²) in [4.78, 5) is 13.3. The fourth-order valence-corrected chi connectivity index (χ4v) is 2.87. The first-order chi connectivity index (χ1) is 10.1. The van der Waals surface area contributed by atoms with Gasteiger partial charge in [-0.25, -0.2) is 0 Å². The molecule has 0 aliphatic carbocycles. The molecule has 0 unspecified atom stereocenters. The topological polar surface area (TPSA) is 59.0 Å². The predicted molar refractivity (Wildman–Crippen MR) is 85.3 cm³/mol. The summed E-state index contributed by atoms with van der Waals surface area (Å²) in [6, 6.07) is 5.99. The first kappa shape index (κ1) is 15.7. The first-order valence-electron chi connectivity index (χ1n) is 7.18. The van der Waals surface area contributed by atoms with Crippen LogP contribution in [0.25, 0.3) is 0 Å². The van der Waals surface area contributed by atoms with E-state index >= 15 is 0 Å². The molecule has 2 N–H and O–H groups in total. The van der Waals surface area contributed by atoms with Crippen LogP contribution in [0.1, 0.15) is 18.7 Å². The van der Waals surface area contributed by atoms with Crippen molar-refractivity contribution in [1.29, 1.82) is 0 Å². The number of nitrogens with one attached hydrogen (secondary N) is 2. The van der Waals surface area contributed by atoms with E-state index in [0.717, 1.165) is 13.0 Å². The Bertz CT molecular complexity index is 524. The summed E-state index contributed by atoms with van der Waals surface area (Å²) in [5.41, 5.74) is 0. The van der Waals surface area contributed by atoms with E-state index in [1.165, 1.54) is 4.88 Å². The van der Waals surface area contributed by atoms with E-state index in [0.29, 0.717) is 6.54 Å². The lowest BCUT2D eigenvalue weighted by Crippen LogP contribution is -2.47. The zero-order valence-corrected chi connectivity index (χ0v) is 13.3. The molecule has 6 heteroatoms. The van der Waals surface area contributed by atoms with E-state index in [2.05, 4.69) is 34.1 Å². The largest absolute Gasteiger partial charge is 0.354 e. The minimum Gasteiger partial charge on any atom is -0.354 e. The molecule has 2 aromatic rings. The van der Waals surface area contributed by atoms with Gasteiger partial charge in [0.2, 0.25) is 5.91 Å². The molecule has 2 heterocycles. The lowest BCUT2D eigenvalue weighted by Gasteiger charge is -2.19. The molecule has 2 aromatic heterocycles. The minimum atomic E-state index is -0.209. The Morgan fingerprint density at radius 3 is 2.95 bits per heavy atom. The highest BCUT2D eigenvalue weighted by Gasteiger charge is 2.15. The average Bonchev–Trinajstić information content (AvgIpc) is 3.11. The third kappa shape index (κ3) is 5.32. The zero-order valence-electron chi connectivity index (χ0n) is 12.5. The summed E-state index contributed by atoms with van der Waals surface area (Å²) in [6.45, 7) is 5.37. The van der Waals surface area contributed by atoms with Crippen molar-refractivity contribution in [3.05, 3.63) is 40.8 Å². The Labute approximate surface area is 129 Å². The number of rotatable bonds is 8. The van der Waals surface area contributed by atoms with Crippen LogP contribution in [-0.2, 0) is 17.8 Å². The molecule has 1 amide bonds. The van der Waals surface area contributed by atoms with Crippen molar-refractivity contribution < 1.29 is 4.79 Å². The van der Waals surface area contributed by atoms with Crippen LogP contribution in [0.4, 0.5) is 0 Å². The second-order valence-electron chi connectivity index (χ2n) is 5.14. The van der Waals surface area contributed by atoms with Crippen molar-refractivity contribution in [2.45, 2.75) is 38.9 Å². The maximum Gasteiger partial charge on any atom is 0.236 e. The number of amides is 1. The molecule has 2 atom stereocenters. The van der Waals surface area contributed by atoms with Crippen LogP contribution in [-0.4, -0.2) is 34.3 Å². The molecule has 2 rings (SSSR count). The Balaban J connectivity index is 1.66. The van der Waals surface area contributed by atoms with Gasteiger partial charge in [-0.15, -0.1) is 11.3 Å². The van der Waals surface area contributed by atoms with Gasteiger partial charge in [-0.3, -0.25) is 9.48 Å².